The highest BCUT2D eigenvalue weighted by molar-refractivity contribution is 5.79. The second-order valence-electron chi connectivity index (χ2n) is 11.1. The third kappa shape index (κ3) is 10.3. The molecule has 42 heavy (non-hydrogen) atoms. The van der Waals surface area contributed by atoms with Gasteiger partial charge in [0.2, 0.25) is 0 Å². The Kier molecular flexibility index (Phi) is 13.0. The highest BCUT2D eigenvalue weighted by atomic mass is 16.5. The molecule has 9 heteroatoms. The molecule has 2 atom stereocenters. The number of nitrogens with one attached hydrogen (secondary N) is 3. The first kappa shape index (κ1) is 32.8. The van der Waals surface area contributed by atoms with E-state index < -0.39 is 6.10 Å². The lowest BCUT2D eigenvalue weighted by Crippen LogP contribution is -2.23. The van der Waals surface area contributed by atoms with E-state index in [0.29, 0.717) is 43.3 Å². The molecule has 3 rings (SSSR count). The molecule has 6 N–H and O–H groups in total. The van der Waals surface area contributed by atoms with Gasteiger partial charge in [0, 0.05) is 45.2 Å². The van der Waals surface area contributed by atoms with Crippen LogP contribution >= 0.6 is 0 Å². The zero-order chi connectivity index (χ0) is 30.5. The Balaban J connectivity index is 1.55. The molecule has 0 fully saturated rings. The van der Waals surface area contributed by atoms with Crippen molar-refractivity contribution in [3.8, 4) is 11.5 Å². The number of hydrogen-bond acceptors (Lipinski definition) is 8. The molecule has 0 radical (unpaired) electrons. The summed E-state index contributed by atoms with van der Waals surface area (Å²) in [6.07, 6.45) is 14.3. The van der Waals surface area contributed by atoms with Gasteiger partial charge in [-0.1, -0.05) is 19.4 Å². The SMILES string of the molecule is CC[C@H](CC[C@H](CC(=O)CCc1cc(OC)c(O)cc1CNC)OC(C)=O)Cc1c[nH]cc1CCC1=CCNC(N)=C1. The normalized spacial score (nSPS) is 14.4. The van der Waals surface area contributed by atoms with E-state index in [0.717, 1.165) is 49.8 Å². The molecule has 0 unspecified atom stereocenters. The fraction of sp³-hybridized carbons (Fsp3) is 0.515. The van der Waals surface area contributed by atoms with Crippen LogP contribution in [0.25, 0.3) is 0 Å². The van der Waals surface area contributed by atoms with E-state index in [4.69, 9.17) is 15.2 Å². The Morgan fingerprint density at radius 3 is 2.57 bits per heavy atom. The van der Waals surface area contributed by atoms with E-state index in [-0.39, 0.29) is 23.9 Å². The summed E-state index contributed by atoms with van der Waals surface area (Å²) in [7, 11) is 3.34. The van der Waals surface area contributed by atoms with Crippen LogP contribution in [0.1, 0.15) is 74.6 Å². The van der Waals surface area contributed by atoms with Crippen molar-refractivity contribution in [3.63, 3.8) is 0 Å². The number of methoxy groups -OCH3 is 1. The fourth-order valence-electron chi connectivity index (χ4n) is 5.57. The van der Waals surface area contributed by atoms with E-state index in [1.807, 2.05) is 13.1 Å². The van der Waals surface area contributed by atoms with E-state index >= 15 is 0 Å². The molecular weight excluding hydrogens is 532 g/mol. The molecule has 0 amide bonds. The molecule has 2 heterocycles. The van der Waals surface area contributed by atoms with Gasteiger partial charge in [-0.15, -0.1) is 0 Å². The van der Waals surface area contributed by atoms with Crippen molar-refractivity contribution in [2.75, 3.05) is 20.7 Å². The maximum atomic E-state index is 13.0. The van der Waals surface area contributed by atoms with Gasteiger partial charge >= 0.3 is 5.97 Å². The van der Waals surface area contributed by atoms with Crippen molar-refractivity contribution in [1.29, 1.82) is 0 Å². The van der Waals surface area contributed by atoms with E-state index in [9.17, 15) is 14.7 Å². The van der Waals surface area contributed by atoms with Crippen molar-refractivity contribution in [3.05, 3.63) is 70.3 Å². The summed E-state index contributed by atoms with van der Waals surface area (Å²) in [5.41, 5.74) is 11.7. The van der Waals surface area contributed by atoms with Crippen LogP contribution in [0.2, 0.25) is 0 Å². The number of aromatic amines is 1. The van der Waals surface area contributed by atoms with Gasteiger partial charge < -0.3 is 35.9 Å². The predicted octanol–water partition coefficient (Wildman–Crippen LogP) is 4.58. The van der Waals surface area contributed by atoms with Crippen LogP contribution < -0.4 is 21.1 Å². The Bertz CT molecular complexity index is 1250. The van der Waals surface area contributed by atoms with E-state index in [1.54, 1.807) is 12.1 Å². The minimum absolute atomic E-state index is 0.0478. The van der Waals surface area contributed by atoms with Crippen molar-refractivity contribution in [2.45, 2.75) is 84.3 Å². The number of phenolic OH excluding ortho intramolecular Hbond substituents is 1. The summed E-state index contributed by atoms with van der Waals surface area (Å²) >= 11 is 0. The monoisotopic (exact) mass is 580 g/mol. The summed E-state index contributed by atoms with van der Waals surface area (Å²) in [6.45, 7) is 4.92. The number of hydrogen-bond donors (Lipinski definition) is 5. The van der Waals surface area contributed by atoms with Crippen molar-refractivity contribution >= 4 is 11.8 Å². The number of benzene rings is 1. The maximum Gasteiger partial charge on any atom is 0.302 e. The standard InChI is InChI=1S/C33H48N4O5/c1-5-23(14-27-21-36-20-26(27)8-6-24-12-13-37-33(34)15-24)7-11-30(42-22(2)38)18-29(39)10-9-25-17-32(41-4)31(40)16-28(25)19-35-3/h12,15-17,20-21,23,30,35-37,40H,5-11,13-14,18-19,34H2,1-4H3/t23-,30-/m1/s1. The highest BCUT2D eigenvalue weighted by Gasteiger charge is 2.21. The number of aromatic hydroxyl groups is 1. The number of dihydropyridines is 1. The molecule has 0 bridgehead atoms. The number of nitrogens with two attached hydrogens (primary N) is 1. The second-order valence-corrected chi connectivity index (χ2v) is 11.1. The number of carbonyl (C=O) groups is 2. The number of H-pyrrole nitrogens is 1. The first-order chi connectivity index (χ1) is 20.2. The summed E-state index contributed by atoms with van der Waals surface area (Å²) in [6, 6.07) is 3.46. The van der Waals surface area contributed by atoms with Crippen LogP contribution in [0.3, 0.4) is 0 Å². The van der Waals surface area contributed by atoms with Crippen LogP contribution in [-0.4, -0.2) is 48.6 Å². The van der Waals surface area contributed by atoms with Crippen LogP contribution in [0.4, 0.5) is 0 Å². The molecule has 9 nitrogen and oxygen atoms in total. The number of rotatable bonds is 18. The Labute approximate surface area is 249 Å². The van der Waals surface area contributed by atoms with Crippen molar-refractivity contribution in [1.82, 2.24) is 15.6 Å². The molecule has 0 saturated heterocycles. The lowest BCUT2D eigenvalue weighted by Gasteiger charge is -2.21. The average molecular weight is 581 g/mol. The number of carbonyl (C=O) groups excluding carboxylic acids is 2. The number of ether oxygens (including phenoxy) is 2. The zero-order valence-corrected chi connectivity index (χ0v) is 25.6. The van der Waals surface area contributed by atoms with Gasteiger partial charge in [-0.2, -0.15) is 0 Å². The summed E-state index contributed by atoms with van der Waals surface area (Å²) in [4.78, 5) is 28.2. The molecular formula is C33H48N4O5. The topological polar surface area (TPSA) is 139 Å². The number of ketones is 1. The number of aryl methyl sites for hydroxylation is 2. The van der Waals surface area contributed by atoms with Crippen molar-refractivity contribution < 1.29 is 24.2 Å². The first-order valence-electron chi connectivity index (χ1n) is 15.0. The minimum atomic E-state index is -0.440. The summed E-state index contributed by atoms with van der Waals surface area (Å²) in [5, 5.41) is 16.4. The number of esters is 1. The molecule has 230 valence electrons. The van der Waals surface area contributed by atoms with Gasteiger partial charge in [0.15, 0.2) is 11.5 Å². The highest BCUT2D eigenvalue weighted by Crippen LogP contribution is 2.30. The quantitative estimate of drug-likeness (QED) is 0.162. The third-order valence-electron chi connectivity index (χ3n) is 7.93. The Hall–Kier alpha value is -3.72. The molecule has 1 aromatic heterocycles. The molecule has 1 aliphatic heterocycles. The Morgan fingerprint density at radius 2 is 1.88 bits per heavy atom. The van der Waals surface area contributed by atoms with Crippen LogP contribution in [0.15, 0.2) is 48.1 Å². The van der Waals surface area contributed by atoms with Gasteiger partial charge in [0.1, 0.15) is 11.9 Å². The lowest BCUT2D eigenvalue weighted by molar-refractivity contribution is -0.148. The number of aromatic nitrogens is 1. The maximum absolute atomic E-state index is 13.0. The number of phenols is 1. The van der Waals surface area contributed by atoms with E-state index in [2.05, 4.69) is 41.0 Å². The molecule has 0 aliphatic carbocycles. The lowest BCUT2D eigenvalue weighted by atomic mass is 9.89. The van der Waals surface area contributed by atoms with Gasteiger partial charge in [-0.3, -0.25) is 9.59 Å². The van der Waals surface area contributed by atoms with Gasteiger partial charge in [0.05, 0.1) is 12.9 Å². The molecule has 2 aromatic rings. The predicted molar refractivity (Wildman–Crippen MR) is 165 cm³/mol. The molecule has 0 spiro atoms. The zero-order valence-electron chi connectivity index (χ0n) is 25.6. The summed E-state index contributed by atoms with van der Waals surface area (Å²) in [5.74, 6) is 1.27. The largest absolute Gasteiger partial charge is 0.504 e. The number of Topliss-reactive ketones (excluding diaryl/α,β-unsaturated/α-hetero) is 1. The number of allylic oxidation sites excluding steroid dienone is 2. The van der Waals surface area contributed by atoms with Gasteiger partial charge in [-0.25, -0.2) is 0 Å². The fourth-order valence-corrected chi connectivity index (χ4v) is 5.57. The molecule has 0 saturated carbocycles. The average Bonchev–Trinajstić information content (AvgIpc) is 3.40. The van der Waals surface area contributed by atoms with Crippen LogP contribution in [-0.2, 0) is 40.1 Å². The van der Waals surface area contributed by atoms with Crippen LogP contribution in [0.5, 0.6) is 11.5 Å². The summed E-state index contributed by atoms with van der Waals surface area (Å²) < 4.78 is 10.9. The van der Waals surface area contributed by atoms with E-state index in [1.165, 1.54) is 30.7 Å². The van der Waals surface area contributed by atoms with Gasteiger partial charge in [-0.05, 0) is 97.5 Å². The first-order valence-corrected chi connectivity index (χ1v) is 15.0. The Morgan fingerprint density at radius 1 is 1.10 bits per heavy atom. The van der Waals surface area contributed by atoms with Crippen molar-refractivity contribution in [2.24, 2.45) is 11.7 Å². The third-order valence-corrected chi connectivity index (χ3v) is 7.93. The van der Waals surface area contributed by atoms with Crippen LogP contribution in [0, 0.1) is 5.92 Å². The minimum Gasteiger partial charge on any atom is -0.504 e. The van der Waals surface area contributed by atoms with Gasteiger partial charge in [0.25, 0.3) is 0 Å². The molecule has 1 aliphatic rings. The molecule has 1 aromatic carbocycles. The second kappa shape index (κ2) is 16.7. The smallest absolute Gasteiger partial charge is 0.302 e.